The van der Waals surface area contributed by atoms with Crippen molar-refractivity contribution in [2.75, 3.05) is 6.54 Å². The largest absolute Gasteiger partial charge is 0.451 e. The zero-order chi connectivity index (χ0) is 9.56. The molecule has 1 N–H and O–H groups in total. The smallest absolute Gasteiger partial charge is 0.309 e. The molecule has 1 amide bonds. The van der Waals surface area contributed by atoms with Gasteiger partial charge in [0, 0.05) is 12.5 Å². The van der Waals surface area contributed by atoms with Crippen molar-refractivity contribution >= 4 is 21.3 Å². The molecule has 0 aromatic rings. The third kappa shape index (κ3) is 5.08. The van der Waals surface area contributed by atoms with Crippen molar-refractivity contribution in [1.29, 1.82) is 0 Å². The Morgan fingerprint density at radius 3 is 2.50 bits per heavy atom. The lowest BCUT2D eigenvalue weighted by atomic mass is 10.2. The summed E-state index contributed by atoms with van der Waals surface area (Å²) < 4.78 is 4.32. The molecule has 0 saturated heterocycles. The minimum atomic E-state index is -0.343. The summed E-state index contributed by atoms with van der Waals surface area (Å²) in [6, 6.07) is 0. The highest BCUT2D eigenvalue weighted by atomic mass is 31.0. The van der Waals surface area contributed by atoms with Crippen molar-refractivity contribution in [2.45, 2.75) is 20.3 Å². The van der Waals surface area contributed by atoms with Gasteiger partial charge in [0.05, 0.1) is 15.9 Å². The number of hydrogen-bond acceptors (Lipinski definition) is 3. The molecule has 0 aromatic heterocycles. The van der Waals surface area contributed by atoms with E-state index in [1.54, 1.807) is 13.8 Å². The van der Waals surface area contributed by atoms with Crippen molar-refractivity contribution < 1.29 is 14.1 Å². The Hall–Kier alpha value is -0.630. The second kappa shape index (κ2) is 5.95. The lowest BCUT2D eigenvalue weighted by Crippen LogP contribution is -2.29. The Morgan fingerprint density at radius 2 is 2.08 bits per heavy atom. The maximum Gasteiger partial charge on any atom is 0.309 e. The molecule has 0 rings (SSSR count). The first-order valence-corrected chi connectivity index (χ1v) is 4.22. The third-order valence-corrected chi connectivity index (χ3v) is 1.55. The zero-order valence-corrected chi connectivity index (χ0v) is 8.45. The van der Waals surface area contributed by atoms with Crippen LogP contribution in [0.1, 0.15) is 20.3 Å². The molecule has 0 radical (unpaired) electrons. The first-order chi connectivity index (χ1) is 5.57. The average Bonchev–Trinajstić information content (AvgIpc) is 2.03. The summed E-state index contributed by atoms with van der Waals surface area (Å²) in [6.07, 6.45) is 0.210. The van der Waals surface area contributed by atoms with E-state index in [9.17, 15) is 9.59 Å². The van der Waals surface area contributed by atoms with Gasteiger partial charge >= 0.3 is 5.97 Å². The number of carbonyl (C=O) groups is 2. The fraction of sp³-hybridized carbons (Fsp3) is 0.714. The van der Waals surface area contributed by atoms with Gasteiger partial charge in [-0.1, -0.05) is 13.8 Å². The summed E-state index contributed by atoms with van der Waals surface area (Å²) in [5, 5.41) is 2.60. The molecular weight excluding hydrogens is 177 g/mol. The molecular formula is C7H14NO3P. The molecule has 1 unspecified atom stereocenters. The topological polar surface area (TPSA) is 55.4 Å². The predicted molar refractivity (Wildman–Crippen MR) is 48.3 cm³/mol. The molecule has 0 aliphatic carbocycles. The van der Waals surface area contributed by atoms with Crippen molar-refractivity contribution in [3.8, 4) is 0 Å². The Bertz CT molecular complexity index is 170. The number of carbonyl (C=O) groups excluding carboxylic acids is 2. The maximum absolute atomic E-state index is 10.9. The van der Waals surface area contributed by atoms with E-state index in [0.29, 0.717) is 6.54 Å². The molecule has 0 heterocycles. The van der Waals surface area contributed by atoms with Gasteiger partial charge in [-0.25, -0.2) is 0 Å². The Balaban J connectivity index is 3.44. The highest BCUT2D eigenvalue weighted by Crippen LogP contribution is 1.93. The summed E-state index contributed by atoms with van der Waals surface area (Å²) in [5.74, 6) is -0.437. The van der Waals surface area contributed by atoms with Crippen LogP contribution in [0.4, 0.5) is 0 Å². The highest BCUT2D eigenvalue weighted by molar-refractivity contribution is 7.10. The molecule has 0 aliphatic heterocycles. The molecule has 5 heteroatoms. The molecule has 12 heavy (non-hydrogen) atoms. The van der Waals surface area contributed by atoms with E-state index in [-0.39, 0.29) is 24.2 Å². The van der Waals surface area contributed by atoms with Gasteiger partial charge in [0.15, 0.2) is 0 Å². The van der Waals surface area contributed by atoms with Crippen LogP contribution < -0.4 is 5.32 Å². The highest BCUT2D eigenvalue weighted by Gasteiger charge is 2.06. The summed E-state index contributed by atoms with van der Waals surface area (Å²) >= 11 is 0. The number of hydrogen-bond donors (Lipinski definition) is 1. The van der Waals surface area contributed by atoms with E-state index in [2.05, 4.69) is 9.84 Å². The minimum absolute atomic E-state index is 0.0444. The van der Waals surface area contributed by atoms with E-state index < -0.39 is 0 Å². The quantitative estimate of drug-likeness (QED) is 0.657. The molecule has 0 saturated carbocycles. The van der Waals surface area contributed by atoms with Gasteiger partial charge in [0.25, 0.3) is 0 Å². The molecule has 70 valence electrons. The predicted octanol–water partition coefficient (Wildman–Crippen LogP) is 0.482. The fourth-order valence-electron chi connectivity index (χ4n) is 0.551. The van der Waals surface area contributed by atoms with Crippen LogP contribution in [0.25, 0.3) is 0 Å². The van der Waals surface area contributed by atoms with E-state index in [1.807, 2.05) is 9.47 Å². The van der Waals surface area contributed by atoms with Crippen molar-refractivity contribution in [3.63, 3.8) is 0 Å². The summed E-state index contributed by atoms with van der Waals surface area (Å²) in [6.45, 7) is 3.93. The van der Waals surface area contributed by atoms with E-state index in [0.717, 1.165) is 0 Å². The van der Waals surface area contributed by atoms with Gasteiger partial charge in [0.2, 0.25) is 5.91 Å². The monoisotopic (exact) mass is 191 g/mol. The molecule has 0 fully saturated rings. The van der Waals surface area contributed by atoms with Crippen LogP contribution in [0.2, 0.25) is 0 Å². The normalized spacial score (nSPS) is 9.67. The van der Waals surface area contributed by atoms with Crippen LogP contribution in [0.15, 0.2) is 0 Å². The molecule has 0 aromatic carbocycles. The van der Waals surface area contributed by atoms with Gasteiger partial charge in [-0.2, -0.15) is 0 Å². The van der Waals surface area contributed by atoms with E-state index >= 15 is 0 Å². The first kappa shape index (κ1) is 11.4. The van der Waals surface area contributed by atoms with Gasteiger partial charge in [-0.15, -0.1) is 0 Å². The minimum Gasteiger partial charge on any atom is -0.451 e. The van der Waals surface area contributed by atoms with Crippen molar-refractivity contribution in [2.24, 2.45) is 5.92 Å². The standard InChI is InChI=1S/C7H14NO3P/c1-5(2)7(10)8-4-3-6(9)11-12/h5H,3-4,12H2,1-2H3,(H,8,10). The fourth-order valence-corrected chi connectivity index (χ4v) is 0.669. The lowest BCUT2D eigenvalue weighted by molar-refractivity contribution is -0.133. The third-order valence-electron chi connectivity index (χ3n) is 1.28. The number of amides is 1. The molecule has 4 nitrogen and oxygen atoms in total. The second-order valence-electron chi connectivity index (χ2n) is 2.69. The van der Waals surface area contributed by atoms with Crippen LogP contribution in [-0.2, 0) is 14.1 Å². The van der Waals surface area contributed by atoms with Crippen LogP contribution in [-0.4, -0.2) is 18.4 Å². The molecule has 0 bridgehead atoms. The van der Waals surface area contributed by atoms with Gasteiger partial charge in [-0.05, 0) is 0 Å². The van der Waals surface area contributed by atoms with Crippen LogP contribution in [0.3, 0.4) is 0 Å². The van der Waals surface area contributed by atoms with Crippen LogP contribution in [0.5, 0.6) is 0 Å². The summed E-state index contributed by atoms with van der Waals surface area (Å²) in [7, 11) is 1.87. The number of rotatable bonds is 4. The van der Waals surface area contributed by atoms with E-state index in [4.69, 9.17) is 0 Å². The lowest BCUT2D eigenvalue weighted by Gasteiger charge is -2.05. The van der Waals surface area contributed by atoms with Crippen molar-refractivity contribution in [3.05, 3.63) is 0 Å². The Labute approximate surface area is 74.3 Å². The number of nitrogens with one attached hydrogen (secondary N) is 1. The maximum atomic E-state index is 10.9. The first-order valence-electron chi connectivity index (χ1n) is 3.75. The average molecular weight is 191 g/mol. The van der Waals surface area contributed by atoms with E-state index in [1.165, 1.54) is 0 Å². The molecule has 0 aliphatic rings. The van der Waals surface area contributed by atoms with Gasteiger partial charge < -0.3 is 9.84 Å². The second-order valence-corrected chi connectivity index (χ2v) is 2.92. The molecule has 1 atom stereocenters. The SMILES string of the molecule is CC(C)C(=O)NCCC(=O)OP. The molecule has 0 spiro atoms. The summed E-state index contributed by atoms with van der Waals surface area (Å²) in [5.41, 5.74) is 0. The van der Waals surface area contributed by atoms with Crippen LogP contribution in [0, 0.1) is 5.92 Å². The summed E-state index contributed by atoms with van der Waals surface area (Å²) in [4.78, 5) is 21.5. The van der Waals surface area contributed by atoms with Gasteiger partial charge in [-0.3, -0.25) is 9.59 Å². The Kier molecular flexibility index (Phi) is 5.64. The van der Waals surface area contributed by atoms with Gasteiger partial charge in [0.1, 0.15) is 0 Å². The van der Waals surface area contributed by atoms with Crippen LogP contribution >= 0.6 is 9.47 Å². The van der Waals surface area contributed by atoms with Crippen molar-refractivity contribution in [1.82, 2.24) is 5.32 Å². The zero-order valence-electron chi connectivity index (χ0n) is 7.29. The Morgan fingerprint density at radius 1 is 1.50 bits per heavy atom.